The van der Waals surface area contributed by atoms with Crippen molar-refractivity contribution >= 4 is 29.2 Å². The fourth-order valence-corrected chi connectivity index (χ4v) is 2.74. The van der Waals surface area contributed by atoms with Gasteiger partial charge in [-0.25, -0.2) is 0 Å². The van der Waals surface area contributed by atoms with Gasteiger partial charge in [0.15, 0.2) is 0 Å². The smallest absolute Gasteiger partial charge is 0.411 e. The third-order valence-corrected chi connectivity index (χ3v) is 3.70. The van der Waals surface area contributed by atoms with Crippen molar-refractivity contribution in [3.8, 4) is 0 Å². The minimum absolute atomic E-state index is 0. The van der Waals surface area contributed by atoms with E-state index in [-0.39, 0.29) is 29.6 Å². The molecule has 2 bridgehead atoms. The van der Waals surface area contributed by atoms with Crippen molar-refractivity contribution < 1.29 is 29.6 Å². The van der Waals surface area contributed by atoms with Crippen LogP contribution in [0, 0.1) is 11.8 Å². The molecule has 13 heavy (non-hydrogen) atoms. The quantitative estimate of drug-likeness (QED) is 0.293. The number of rotatable bonds is 0. The average Bonchev–Trinajstić information content (AvgIpc) is 2.36. The Bertz CT molecular complexity index is 176. The van der Waals surface area contributed by atoms with E-state index in [0.29, 0.717) is 4.32 Å². The first-order valence-electron chi connectivity index (χ1n) is 4.71. The van der Waals surface area contributed by atoms with Gasteiger partial charge in [0.1, 0.15) is 0 Å². The SMILES string of the molecule is S=C([S-])N1CC2CCC(CC2)C1.[Na+]. The standard InChI is InChI=1S/C9H15NS2.Na/c11-9(12)10-5-7-1-2-8(6-10)4-3-7;/h7-8H,1-6H2,(H,11,12);/q;+1/p-1. The minimum Gasteiger partial charge on any atom is -0.411 e. The molecule has 1 aliphatic carbocycles. The Balaban J connectivity index is 0.000000845. The van der Waals surface area contributed by atoms with Gasteiger partial charge >= 0.3 is 29.6 Å². The molecule has 0 radical (unpaired) electrons. The summed E-state index contributed by atoms with van der Waals surface area (Å²) in [4.78, 5) is 2.24. The zero-order valence-corrected chi connectivity index (χ0v) is 11.8. The van der Waals surface area contributed by atoms with Crippen molar-refractivity contribution in [3.05, 3.63) is 0 Å². The average molecular weight is 223 g/mol. The zero-order chi connectivity index (χ0) is 8.55. The Morgan fingerprint density at radius 1 is 1.08 bits per heavy atom. The number of nitrogens with zero attached hydrogens (tertiary/aromatic N) is 1. The van der Waals surface area contributed by atoms with Gasteiger partial charge < -0.3 is 29.7 Å². The third kappa shape index (κ3) is 3.03. The second-order valence-corrected chi connectivity index (χ2v) is 5.09. The molecule has 0 aromatic heterocycles. The molecular weight excluding hydrogens is 209 g/mol. The Kier molecular flexibility index (Phi) is 4.93. The van der Waals surface area contributed by atoms with Crippen LogP contribution in [0.3, 0.4) is 0 Å². The van der Waals surface area contributed by atoms with Crippen molar-refractivity contribution in [2.45, 2.75) is 25.7 Å². The first kappa shape index (κ1) is 12.2. The summed E-state index contributed by atoms with van der Waals surface area (Å²) < 4.78 is 0.689. The Labute approximate surface area is 113 Å². The van der Waals surface area contributed by atoms with Gasteiger partial charge in [-0.3, -0.25) is 0 Å². The summed E-state index contributed by atoms with van der Waals surface area (Å²) in [6.45, 7) is 2.28. The van der Waals surface area contributed by atoms with Crippen LogP contribution in [0.15, 0.2) is 0 Å². The van der Waals surface area contributed by atoms with Gasteiger partial charge in [0, 0.05) is 13.1 Å². The molecule has 1 saturated carbocycles. The fourth-order valence-electron chi connectivity index (χ4n) is 2.44. The van der Waals surface area contributed by atoms with Gasteiger partial charge in [-0.1, -0.05) is 4.32 Å². The summed E-state index contributed by atoms with van der Waals surface area (Å²) in [7, 11) is 0. The molecule has 0 atom stereocenters. The predicted octanol–water partition coefficient (Wildman–Crippen LogP) is -1.06. The van der Waals surface area contributed by atoms with Crippen LogP contribution < -0.4 is 29.6 Å². The number of hydrogen-bond donors (Lipinski definition) is 0. The molecule has 0 aromatic rings. The van der Waals surface area contributed by atoms with Crippen molar-refractivity contribution in [2.75, 3.05) is 13.1 Å². The van der Waals surface area contributed by atoms with Crippen LogP contribution in [0.25, 0.3) is 0 Å². The zero-order valence-electron chi connectivity index (χ0n) is 8.16. The number of hydrogen-bond acceptors (Lipinski definition) is 2. The van der Waals surface area contributed by atoms with Gasteiger partial charge in [-0.2, -0.15) is 0 Å². The number of fused-ring (bicyclic) bond motifs is 4. The van der Waals surface area contributed by atoms with E-state index in [0.717, 1.165) is 24.9 Å². The van der Waals surface area contributed by atoms with Crippen LogP contribution >= 0.6 is 12.2 Å². The van der Waals surface area contributed by atoms with E-state index in [2.05, 4.69) is 4.90 Å². The first-order valence-corrected chi connectivity index (χ1v) is 5.53. The molecule has 0 aromatic carbocycles. The van der Waals surface area contributed by atoms with Gasteiger partial charge in [0.25, 0.3) is 0 Å². The molecule has 4 heteroatoms. The first-order chi connectivity index (χ1) is 5.75. The van der Waals surface area contributed by atoms with Gasteiger partial charge in [-0.15, -0.1) is 0 Å². The summed E-state index contributed by atoms with van der Waals surface area (Å²) in [5.41, 5.74) is 0. The van der Waals surface area contributed by atoms with Crippen LogP contribution in [0.5, 0.6) is 0 Å². The van der Waals surface area contributed by atoms with Crippen molar-refractivity contribution in [3.63, 3.8) is 0 Å². The van der Waals surface area contributed by atoms with Crippen LogP contribution in [0.1, 0.15) is 25.7 Å². The molecule has 68 valence electrons. The maximum Gasteiger partial charge on any atom is 1.00 e. The van der Waals surface area contributed by atoms with Crippen molar-refractivity contribution in [1.29, 1.82) is 0 Å². The van der Waals surface area contributed by atoms with Gasteiger partial charge in [-0.05, 0) is 37.5 Å². The van der Waals surface area contributed by atoms with E-state index >= 15 is 0 Å². The van der Waals surface area contributed by atoms with Crippen molar-refractivity contribution in [2.24, 2.45) is 11.8 Å². The molecule has 1 nitrogen and oxygen atoms in total. The molecule has 2 saturated heterocycles. The molecule has 2 aliphatic heterocycles. The van der Waals surface area contributed by atoms with E-state index in [1.165, 1.54) is 25.7 Å². The maximum absolute atomic E-state index is 5.05. The van der Waals surface area contributed by atoms with Crippen molar-refractivity contribution in [1.82, 2.24) is 4.90 Å². The monoisotopic (exact) mass is 223 g/mol. The van der Waals surface area contributed by atoms with E-state index < -0.39 is 0 Å². The second kappa shape index (κ2) is 5.26. The molecule has 0 spiro atoms. The normalized spacial score (nSPS) is 32.2. The fraction of sp³-hybridized carbons (Fsp3) is 0.889. The third-order valence-electron chi connectivity index (χ3n) is 3.18. The summed E-state index contributed by atoms with van der Waals surface area (Å²) in [5, 5.41) is 0. The topological polar surface area (TPSA) is 3.24 Å². The Morgan fingerprint density at radius 3 is 1.77 bits per heavy atom. The second-order valence-electron chi connectivity index (χ2n) is 4.06. The van der Waals surface area contributed by atoms with E-state index in [4.69, 9.17) is 24.8 Å². The Hall–Kier alpha value is 1.11. The predicted molar refractivity (Wildman–Crippen MR) is 57.0 cm³/mol. The summed E-state index contributed by atoms with van der Waals surface area (Å²) in [6.07, 6.45) is 5.61. The molecule has 2 heterocycles. The largest absolute Gasteiger partial charge is 1.00 e. The van der Waals surface area contributed by atoms with Gasteiger partial charge in [0.2, 0.25) is 0 Å². The molecular formula is C9H14NNaS2. The van der Waals surface area contributed by atoms with E-state index in [1.807, 2.05) is 0 Å². The van der Waals surface area contributed by atoms with Crippen LogP contribution in [0.2, 0.25) is 0 Å². The van der Waals surface area contributed by atoms with Crippen LogP contribution in [0.4, 0.5) is 0 Å². The maximum atomic E-state index is 5.05. The minimum atomic E-state index is 0. The van der Waals surface area contributed by atoms with Crippen LogP contribution in [-0.2, 0) is 12.6 Å². The van der Waals surface area contributed by atoms with Gasteiger partial charge in [0.05, 0.1) is 0 Å². The molecule has 3 fully saturated rings. The number of thiocarbonyl (C=S) groups is 1. The summed E-state index contributed by atoms with van der Waals surface area (Å²) in [6, 6.07) is 0. The molecule has 0 amide bonds. The Morgan fingerprint density at radius 2 is 1.46 bits per heavy atom. The molecule has 3 aliphatic rings. The molecule has 3 rings (SSSR count). The summed E-state index contributed by atoms with van der Waals surface area (Å²) in [5.74, 6) is 1.76. The van der Waals surface area contributed by atoms with Crippen LogP contribution in [-0.4, -0.2) is 22.3 Å². The van der Waals surface area contributed by atoms with E-state index in [1.54, 1.807) is 0 Å². The molecule has 0 N–H and O–H groups in total. The summed E-state index contributed by atoms with van der Waals surface area (Å²) >= 11 is 10.1. The van der Waals surface area contributed by atoms with E-state index in [9.17, 15) is 0 Å². The molecule has 0 unspecified atom stereocenters.